The number of rotatable bonds is 6. The smallest absolute Gasteiger partial charge is 0.0694 e. The van der Waals surface area contributed by atoms with Crippen molar-refractivity contribution in [3.63, 3.8) is 0 Å². The van der Waals surface area contributed by atoms with Gasteiger partial charge in [0.1, 0.15) is 0 Å². The van der Waals surface area contributed by atoms with Crippen LogP contribution in [0, 0.1) is 0 Å². The van der Waals surface area contributed by atoms with Gasteiger partial charge in [-0.2, -0.15) is 0 Å². The molecule has 0 amide bonds. The zero-order chi connectivity index (χ0) is 13.7. The van der Waals surface area contributed by atoms with Crippen LogP contribution >= 0.6 is 15.9 Å². The molecule has 2 rings (SSSR count). The van der Waals surface area contributed by atoms with Crippen LogP contribution in [0.2, 0.25) is 0 Å². The van der Waals surface area contributed by atoms with Crippen molar-refractivity contribution in [2.45, 2.75) is 19.4 Å². The first-order valence-electron chi connectivity index (χ1n) is 6.47. The van der Waals surface area contributed by atoms with Crippen molar-refractivity contribution in [2.24, 2.45) is 5.84 Å². The molecule has 2 aromatic carbocycles. The molecule has 0 heterocycles. The Bertz CT molecular complexity index is 545. The third-order valence-electron chi connectivity index (χ3n) is 3.06. The van der Waals surface area contributed by atoms with E-state index in [1.54, 1.807) is 0 Å². The van der Waals surface area contributed by atoms with Crippen molar-refractivity contribution in [1.82, 2.24) is 5.43 Å². The average Bonchev–Trinajstić information content (AvgIpc) is 2.43. The summed E-state index contributed by atoms with van der Waals surface area (Å²) in [5, 5.41) is 2.42. The molecule has 0 aromatic heterocycles. The van der Waals surface area contributed by atoms with Gasteiger partial charge < -0.3 is 4.74 Å². The zero-order valence-corrected chi connectivity index (χ0v) is 12.6. The summed E-state index contributed by atoms with van der Waals surface area (Å²) in [6, 6.07) is 12.6. The van der Waals surface area contributed by atoms with E-state index in [0.29, 0.717) is 6.61 Å². The number of ether oxygens (including phenoxy) is 1. The lowest BCUT2D eigenvalue weighted by molar-refractivity contribution is 0.112. The highest BCUT2D eigenvalue weighted by atomic mass is 79.9. The van der Waals surface area contributed by atoms with Crippen LogP contribution in [0.25, 0.3) is 10.8 Å². The molecule has 0 aliphatic heterocycles. The molecule has 1 atom stereocenters. The second kappa shape index (κ2) is 7.01. The Morgan fingerprint density at radius 2 is 1.95 bits per heavy atom. The first-order valence-corrected chi connectivity index (χ1v) is 7.27. The Balaban J connectivity index is 2.20. The van der Waals surface area contributed by atoms with Crippen molar-refractivity contribution < 1.29 is 4.74 Å². The second-order valence-electron chi connectivity index (χ2n) is 4.55. The second-order valence-corrected chi connectivity index (χ2v) is 5.46. The molecule has 0 saturated heterocycles. The predicted molar refractivity (Wildman–Crippen MR) is 82.8 cm³/mol. The maximum Gasteiger partial charge on any atom is 0.0694 e. The molecule has 3 nitrogen and oxygen atoms in total. The van der Waals surface area contributed by atoms with Crippen molar-refractivity contribution in [1.29, 1.82) is 0 Å². The molecule has 0 fully saturated rings. The number of nitrogens with two attached hydrogens (primary N) is 1. The Morgan fingerprint density at radius 3 is 2.68 bits per heavy atom. The van der Waals surface area contributed by atoms with Crippen molar-refractivity contribution >= 4 is 26.7 Å². The van der Waals surface area contributed by atoms with Crippen LogP contribution in [-0.2, 0) is 4.74 Å². The van der Waals surface area contributed by atoms with Crippen molar-refractivity contribution in [3.05, 3.63) is 46.4 Å². The van der Waals surface area contributed by atoms with E-state index in [-0.39, 0.29) is 6.04 Å². The minimum atomic E-state index is 0.0274. The molecule has 0 spiro atoms. The number of hydrogen-bond donors (Lipinski definition) is 2. The summed E-state index contributed by atoms with van der Waals surface area (Å²) >= 11 is 3.48. The van der Waals surface area contributed by atoms with Gasteiger partial charge in [0.05, 0.1) is 12.6 Å². The van der Waals surface area contributed by atoms with Gasteiger partial charge in [-0.3, -0.25) is 11.3 Å². The third-order valence-corrected chi connectivity index (χ3v) is 3.56. The van der Waals surface area contributed by atoms with Crippen LogP contribution in [0.5, 0.6) is 0 Å². The molecule has 4 heteroatoms. The Labute approximate surface area is 122 Å². The van der Waals surface area contributed by atoms with Gasteiger partial charge in [-0.05, 0) is 41.0 Å². The zero-order valence-electron chi connectivity index (χ0n) is 11.0. The number of hydrazine groups is 1. The molecular weight excluding hydrogens is 304 g/mol. The molecule has 19 heavy (non-hydrogen) atoms. The lowest BCUT2D eigenvalue weighted by Crippen LogP contribution is -2.31. The monoisotopic (exact) mass is 322 g/mol. The van der Waals surface area contributed by atoms with Gasteiger partial charge in [-0.15, -0.1) is 0 Å². The van der Waals surface area contributed by atoms with Crippen molar-refractivity contribution in [2.75, 3.05) is 13.2 Å². The Hall–Kier alpha value is -0.940. The quantitative estimate of drug-likeness (QED) is 0.486. The van der Waals surface area contributed by atoms with Gasteiger partial charge in [0.2, 0.25) is 0 Å². The highest BCUT2D eigenvalue weighted by molar-refractivity contribution is 9.10. The van der Waals surface area contributed by atoms with Gasteiger partial charge in [-0.25, -0.2) is 0 Å². The minimum absolute atomic E-state index is 0.0274. The first kappa shape index (κ1) is 14.5. The van der Waals surface area contributed by atoms with Gasteiger partial charge >= 0.3 is 0 Å². The van der Waals surface area contributed by atoms with Crippen LogP contribution in [0.1, 0.15) is 24.9 Å². The summed E-state index contributed by atoms with van der Waals surface area (Å²) in [5.74, 6) is 5.62. The van der Waals surface area contributed by atoms with Gasteiger partial charge in [0, 0.05) is 11.1 Å². The minimum Gasteiger partial charge on any atom is -0.379 e. The van der Waals surface area contributed by atoms with Gasteiger partial charge in [0.15, 0.2) is 0 Å². The summed E-state index contributed by atoms with van der Waals surface area (Å²) in [4.78, 5) is 0. The molecular formula is C15H19BrN2O. The number of hydrogen-bond acceptors (Lipinski definition) is 3. The van der Waals surface area contributed by atoms with Crippen LogP contribution in [0.4, 0.5) is 0 Å². The maximum absolute atomic E-state index is 5.62. The van der Waals surface area contributed by atoms with E-state index in [1.807, 2.05) is 6.07 Å². The molecule has 2 aromatic rings. The third kappa shape index (κ3) is 3.76. The highest BCUT2D eigenvalue weighted by Crippen LogP contribution is 2.23. The molecule has 0 radical (unpaired) electrons. The highest BCUT2D eigenvalue weighted by Gasteiger charge is 2.10. The van der Waals surface area contributed by atoms with Gasteiger partial charge in [0.25, 0.3) is 0 Å². The fourth-order valence-corrected chi connectivity index (χ4v) is 2.42. The van der Waals surface area contributed by atoms with Crippen LogP contribution in [0.15, 0.2) is 40.9 Å². The molecule has 0 aliphatic rings. The van der Waals surface area contributed by atoms with Crippen LogP contribution in [-0.4, -0.2) is 13.2 Å². The molecule has 0 saturated carbocycles. The summed E-state index contributed by atoms with van der Waals surface area (Å²) < 4.78 is 6.66. The first-order chi connectivity index (χ1) is 9.24. The van der Waals surface area contributed by atoms with E-state index < -0.39 is 0 Å². The number of fused-ring (bicyclic) bond motifs is 1. The van der Waals surface area contributed by atoms with E-state index in [4.69, 9.17) is 10.6 Å². The summed E-state index contributed by atoms with van der Waals surface area (Å²) in [6.07, 6.45) is 1.02. The number of halogens is 1. The average molecular weight is 323 g/mol. The maximum atomic E-state index is 5.62. The topological polar surface area (TPSA) is 47.3 Å². The summed E-state index contributed by atoms with van der Waals surface area (Å²) in [5.41, 5.74) is 3.97. The fourth-order valence-electron chi connectivity index (χ4n) is 2.04. The lowest BCUT2D eigenvalue weighted by Gasteiger charge is -2.17. The standard InChI is InChI=1S/C15H19BrN2O/c1-2-7-19-10-15(18-17)13-4-3-12-9-14(16)6-5-11(12)8-13/h3-6,8-9,15,18H,2,7,10,17H2,1H3. The molecule has 0 aliphatic carbocycles. The van der Waals surface area contributed by atoms with E-state index in [9.17, 15) is 0 Å². The molecule has 3 N–H and O–H groups in total. The molecule has 102 valence electrons. The van der Waals surface area contributed by atoms with Gasteiger partial charge in [-0.1, -0.05) is 41.1 Å². The van der Waals surface area contributed by atoms with Crippen LogP contribution in [0.3, 0.4) is 0 Å². The van der Waals surface area contributed by atoms with E-state index in [0.717, 1.165) is 23.1 Å². The Morgan fingerprint density at radius 1 is 1.21 bits per heavy atom. The van der Waals surface area contributed by atoms with E-state index in [1.165, 1.54) is 10.8 Å². The normalized spacial score (nSPS) is 12.8. The van der Waals surface area contributed by atoms with Crippen LogP contribution < -0.4 is 11.3 Å². The predicted octanol–water partition coefficient (Wildman–Crippen LogP) is 3.53. The summed E-state index contributed by atoms with van der Waals surface area (Å²) in [7, 11) is 0. The SMILES string of the molecule is CCCOCC(NN)c1ccc2cc(Br)ccc2c1. The Kier molecular flexibility index (Phi) is 5.34. The number of benzene rings is 2. The number of nitrogens with one attached hydrogen (secondary N) is 1. The van der Waals surface area contributed by atoms with E-state index in [2.05, 4.69) is 58.6 Å². The molecule has 0 bridgehead atoms. The summed E-state index contributed by atoms with van der Waals surface area (Å²) in [6.45, 7) is 3.45. The fraction of sp³-hybridized carbons (Fsp3) is 0.333. The van der Waals surface area contributed by atoms with E-state index >= 15 is 0 Å². The van der Waals surface area contributed by atoms with Crippen molar-refractivity contribution in [3.8, 4) is 0 Å². The molecule has 1 unspecified atom stereocenters. The largest absolute Gasteiger partial charge is 0.379 e. The lowest BCUT2D eigenvalue weighted by atomic mass is 10.0.